The van der Waals surface area contributed by atoms with Crippen LogP contribution in [0.5, 0.6) is 0 Å². The molecule has 1 fully saturated rings. The molecule has 8 nitrogen and oxygen atoms in total. The number of Topliss-reactive ketones (excluding diaryl/α,β-unsaturated/α-hetero) is 2. The van der Waals surface area contributed by atoms with Crippen molar-refractivity contribution in [2.24, 2.45) is 11.8 Å². The summed E-state index contributed by atoms with van der Waals surface area (Å²) in [6, 6.07) is 0. The molecule has 0 amide bonds. The highest BCUT2D eigenvalue weighted by molar-refractivity contribution is 7.97. The molecule has 1 saturated carbocycles. The van der Waals surface area contributed by atoms with Gasteiger partial charge in [0.25, 0.3) is 0 Å². The largest absolute Gasteiger partial charge is 0.507 e. The molecule has 0 heterocycles. The molecule has 0 aromatic heterocycles. The first-order chi connectivity index (χ1) is 16.9. The summed E-state index contributed by atoms with van der Waals surface area (Å²) in [6.45, 7) is 16.3. The van der Waals surface area contributed by atoms with E-state index in [4.69, 9.17) is 0 Å². The van der Waals surface area contributed by atoms with Crippen molar-refractivity contribution in [2.45, 2.75) is 81.6 Å². The van der Waals surface area contributed by atoms with E-state index in [0.29, 0.717) is 0 Å². The minimum Gasteiger partial charge on any atom is -0.469 e. The third-order valence-electron chi connectivity index (χ3n) is 3.19. The topological polar surface area (TPSA) is 105 Å². The predicted molar refractivity (Wildman–Crippen MR) is 156 cm³/mol. The molecule has 0 aromatic carbocycles. The number of ketones is 2. The first-order valence-electron chi connectivity index (χ1n) is 11.8. The van der Waals surface area contributed by atoms with Crippen molar-refractivity contribution >= 4 is 35.5 Å². The second-order valence-electron chi connectivity index (χ2n) is 8.53. The van der Waals surface area contributed by atoms with Crippen LogP contribution >= 0.6 is 11.8 Å². The minimum absolute atomic E-state index is 0.167. The predicted octanol–water partition coefficient (Wildman–Crippen LogP) is 6.94. The van der Waals surface area contributed by atoms with Crippen molar-refractivity contribution in [3.05, 3.63) is 16.9 Å². The monoisotopic (exact) mass is 552 g/mol. The Labute approximate surface area is 231 Å². The van der Waals surface area contributed by atoms with E-state index in [0.717, 1.165) is 11.8 Å². The number of hydrogen-bond donors (Lipinski definition) is 0. The number of allylic oxidation sites excluding steroid dienone is 1. The third-order valence-corrected chi connectivity index (χ3v) is 3.19. The number of thioether (sulfide) groups is 1. The molecule has 222 valence electrons. The van der Waals surface area contributed by atoms with Crippen molar-refractivity contribution in [1.82, 2.24) is 0 Å². The Hall–Kier alpha value is -2.09. The summed E-state index contributed by atoms with van der Waals surface area (Å²) < 4.78 is 16.4. The molecule has 0 spiro atoms. The fraction of sp³-hybridized carbons (Fsp3) is 0.750. The molecule has 0 radical (unpaired) electrons. The van der Waals surface area contributed by atoms with Gasteiger partial charge in [-0.1, -0.05) is 13.8 Å². The number of rotatable bonds is 0. The maximum Gasteiger partial charge on any atom is 0.507 e. The Kier molecular flexibility index (Phi) is 49.9. The molecule has 2 rings (SSSR count). The second kappa shape index (κ2) is 38.4. The summed E-state index contributed by atoms with van der Waals surface area (Å²) >= 11 is 1.75. The highest BCUT2D eigenvalue weighted by atomic mass is 32.2. The average Bonchev–Trinajstić information content (AvgIpc) is 2.73. The van der Waals surface area contributed by atoms with Crippen molar-refractivity contribution in [3.8, 4) is 0 Å². The van der Waals surface area contributed by atoms with E-state index >= 15 is 0 Å². The Morgan fingerprint density at radius 2 is 0.892 bits per heavy atom. The van der Waals surface area contributed by atoms with Gasteiger partial charge in [0.2, 0.25) is 0 Å². The summed E-state index contributed by atoms with van der Waals surface area (Å²) in [6.07, 6.45) is 7.56. The van der Waals surface area contributed by atoms with Crippen LogP contribution in [0.25, 0.3) is 0 Å². The van der Waals surface area contributed by atoms with Crippen LogP contribution in [-0.2, 0) is 33.3 Å². The lowest BCUT2D eigenvalue weighted by Gasteiger charge is -2.28. The summed E-state index contributed by atoms with van der Waals surface area (Å²) in [5, 5.41) is 0. The molecule has 2 aliphatic carbocycles. The van der Waals surface area contributed by atoms with Gasteiger partial charge in [-0.25, -0.2) is 4.79 Å². The number of methoxy groups -OCH3 is 4. The van der Waals surface area contributed by atoms with Gasteiger partial charge in [-0.3, -0.25) is 4.79 Å². The molecule has 37 heavy (non-hydrogen) atoms. The molecule has 0 unspecified atom stereocenters. The van der Waals surface area contributed by atoms with Crippen LogP contribution in [0, 0.1) is 11.8 Å². The van der Waals surface area contributed by atoms with Gasteiger partial charge >= 0.3 is 12.1 Å². The van der Waals surface area contributed by atoms with Gasteiger partial charge < -0.3 is 28.5 Å². The van der Waals surface area contributed by atoms with E-state index in [1.54, 1.807) is 26.0 Å². The fourth-order valence-electron chi connectivity index (χ4n) is 2.13. The molecule has 0 bridgehead atoms. The van der Waals surface area contributed by atoms with E-state index in [1.165, 1.54) is 86.4 Å². The summed E-state index contributed by atoms with van der Waals surface area (Å²) in [5.74, 6) is 2.17. The van der Waals surface area contributed by atoms with Crippen LogP contribution in [0.2, 0.25) is 0 Å². The lowest BCUT2D eigenvalue weighted by atomic mass is 9.78. The number of carbonyl (C=O) groups excluding carboxylic acids is 4. The fourth-order valence-corrected chi connectivity index (χ4v) is 2.13. The minimum atomic E-state index is -0.657. The number of carbonyl (C=O) groups is 4. The van der Waals surface area contributed by atoms with Crippen LogP contribution in [0.1, 0.15) is 81.6 Å². The average molecular weight is 553 g/mol. The van der Waals surface area contributed by atoms with Gasteiger partial charge in [-0.2, -0.15) is 11.8 Å². The maximum absolute atomic E-state index is 9.74. The lowest BCUT2D eigenvalue weighted by Crippen LogP contribution is -2.16. The third kappa shape index (κ3) is 87.1. The molecular weight excluding hydrogens is 496 g/mol. The van der Waals surface area contributed by atoms with Crippen LogP contribution in [0.4, 0.5) is 4.79 Å². The number of esters is 1. The number of hydrogen-bond acceptors (Lipinski definition) is 9. The summed E-state index contributed by atoms with van der Waals surface area (Å²) in [4.78, 5) is 38.2. The first-order valence-corrected chi connectivity index (χ1v) is 13.4. The normalized spacial score (nSPS) is 14.7. The van der Waals surface area contributed by atoms with Crippen molar-refractivity contribution in [2.75, 3.05) is 48.1 Å². The first kappa shape index (κ1) is 48.0. The smallest absolute Gasteiger partial charge is 0.469 e. The van der Waals surface area contributed by atoms with Gasteiger partial charge in [-0.15, -0.1) is 5.73 Å². The van der Waals surface area contributed by atoms with Gasteiger partial charge in [-0.05, 0) is 89.9 Å². The van der Waals surface area contributed by atoms with Crippen LogP contribution in [0.3, 0.4) is 0 Å². The van der Waals surface area contributed by atoms with Gasteiger partial charge in [0.05, 0.1) is 21.3 Å². The van der Waals surface area contributed by atoms with E-state index in [1.807, 2.05) is 12.5 Å². The number of ether oxygens (including phenoxy) is 4. The molecule has 9 heteroatoms. The van der Waals surface area contributed by atoms with E-state index < -0.39 is 6.16 Å². The van der Waals surface area contributed by atoms with E-state index in [-0.39, 0.29) is 17.5 Å². The summed E-state index contributed by atoms with van der Waals surface area (Å²) in [5.41, 5.74) is 5.93. The Bertz CT molecular complexity index is 572. The van der Waals surface area contributed by atoms with E-state index in [2.05, 4.69) is 52.4 Å². The van der Waals surface area contributed by atoms with Crippen molar-refractivity contribution < 1.29 is 38.1 Å². The van der Waals surface area contributed by atoms with Crippen LogP contribution in [0.15, 0.2) is 16.9 Å². The highest BCUT2D eigenvalue weighted by Crippen LogP contribution is 2.31. The molecule has 0 N–H and O–H groups in total. The van der Waals surface area contributed by atoms with Crippen LogP contribution < -0.4 is 0 Å². The molecule has 0 saturated heterocycles. The Morgan fingerprint density at radius 3 is 0.892 bits per heavy atom. The van der Waals surface area contributed by atoms with Gasteiger partial charge in [0, 0.05) is 27.6 Å². The van der Waals surface area contributed by atoms with Crippen molar-refractivity contribution in [1.29, 1.82) is 0 Å². The van der Waals surface area contributed by atoms with Crippen LogP contribution in [-0.4, -0.2) is 71.8 Å². The Balaban J connectivity index is -0.0000000754. The zero-order chi connectivity index (χ0) is 31.0. The quantitative estimate of drug-likeness (QED) is 0.233. The van der Waals surface area contributed by atoms with E-state index in [9.17, 15) is 19.2 Å². The zero-order valence-corrected chi connectivity index (χ0v) is 27.3. The molecule has 0 atom stereocenters. The van der Waals surface area contributed by atoms with Crippen molar-refractivity contribution in [3.63, 3.8) is 0 Å². The van der Waals surface area contributed by atoms with Gasteiger partial charge in [0.1, 0.15) is 11.6 Å². The lowest BCUT2D eigenvalue weighted by molar-refractivity contribution is -0.138. The SMILES string of the molecule is CC(C)=O.CC(C)=O.CC1=C=C(C)C1.CC1CC(C)C1.COC.COC(=O)OC.COC(C)=O.CSC. The van der Waals surface area contributed by atoms with Gasteiger partial charge in [0.15, 0.2) is 0 Å². The zero-order valence-electron chi connectivity index (χ0n) is 26.5. The Morgan fingerprint density at radius 1 is 0.703 bits per heavy atom. The second-order valence-corrected chi connectivity index (χ2v) is 9.35. The molecule has 2 aliphatic rings. The summed E-state index contributed by atoms with van der Waals surface area (Å²) in [7, 11) is 7.11. The highest BCUT2D eigenvalue weighted by Gasteiger charge is 2.19. The molecule has 0 aliphatic heterocycles. The molecule has 0 aromatic rings. The molecular formula is C28H56O8S. The maximum atomic E-state index is 9.74. The standard InChI is InChI=1S/C6H12.C6H8.C3H6O3.C3H6O2.2C3H6O.C2H6O.C2H6S/c2*1-5-3-6(2)4-5;1-5-3(4)6-2;1-3(4)5-2;2*1-3(2)4;2*1-3-2/h5-6H,3-4H2,1-2H3;3H2,1-2H3;1-2H3;1-2H3;2*1-2H3;2*1-2H3.